The predicted octanol–water partition coefficient (Wildman–Crippen LogP) is -0.681. The van der Waals surface area contributed by atoms with Crippen molar-refractivity contribution in [2.75, 3.05) is 11.5 Å². The van der Waals surface area contributed by atoms with E-state index in [1.165, 1.54) is 6.07 Å². The van der Waals surface area contributed by atoms with Crippen molar-refractivity contribution in [1.29, 1.82) is 0 Å². The minimum atomic E-state index is 0.178. The molecule has 1 aromatic heterocycles. The van der Waals surface area contributed by atoms with Crippen molar-refractivity contribution in [2.45, 2.75) is 0 Å². The number of rotatable bonds is 0. The van der Waals surface area contributed by atoms with Gasteiger partial charge in [0.2, 0.25) is 4.77 Å². The summed E-state index contributed by atoms with van der Waals surface area (Å²) in [6.45, 7) is 0. The van der Waals surface area contributed by atoms with Crippen LogP contribution in [-0.4, -0.2) is 14.2 Å². The first kappa shape index (κ1) is 6.81. The Kier molecular flexibility index (Phi) is 1.72. The third-order valence-electron chi connectivity index (χ3n) is 0.864. The van der Waals surface area contributed by atoms with Crippen LogP contribution in [0.25, 0.3) is 0 Å². The zero-order valence-electron chi connectivity index (χ0n) is 5.00. The van der Waals surface area contributed by atoms with Gasteiger partial charge in [0, 0.05) is 6.07 Å². The number of nitrogens with two attached hydrogens (primary N) is 2. The quantitative estimate of drug-likeness (QED) is 0.436. The lowest BCUT2D eigenvalue weighted by atomic mass is 10.5. The van der Waals surface area contributed by atoms with Gasteiger partial charge >= 0.3 is 0 Å². The second kappa shape index (κ2) is 2.53. The van der Waals surface area contributed by atoms with Crippen LogP contribution in [0.1, 0.15) is 0 Å². The number of nitrogens with zero attached hydrogens (tertiary/aromatic N) is 1. The Morgan fingerprint density at radius 1 is 1.60 bits per heavy atom. The minimum absolute atomic E-state index is 0.178. The highest BCUT2D eigenvalue weighted by Crippen LogP contribution is 1.98. The van der Waals surface area contributed by atoms with Crippen LogP contribution in [0.3, 0.4) is 0 Å². The molecule has 5 nitrogen and oxygen atoms in total. The molecule has 0 spiro atoms. The summed E-state index contributed by atoms with van der Waals surface area (Å²) in [7, 11) is 0. The molecule has 0 aromatic carbocycles. The summed E-state index contributed by atoms with van der Waals surface area (Å²) >= 11 is 0.220. The molecule has 0 aliphatic heterocycles. The zero-order valence-corrected chi connectivity index (χ0v) is 5.81. The van der Waals surface area contributed by atoms with Gasteiger partial charge in [-0.25, -0.2) is 9.19 Å². The Balaban J connectivity index is 3.48. The fourth-order valence-corrected chi connectivity index (χ4v) is 0.838. The smallest absolute Gasteiger partial charge is 0.229 e. The average molecular weight is 158 g/mol. The molecule has 0 radical (unpaired) electrons. The van der Waals surface area contributed by atoms with E-state index in [9.17, 15) is 4.21 Å². The van der Waals surface area contributed by atoms with Gasteiger partial charge in [-0.1, -0.05) is 0 Å². The van der Waals surface area contributed by atoms with Gasteiger partial charge in [0.25, 0.3) is 0 Å². The van der Waals surface area contributed by atoms with Crippen molar-refractivity contribution in [3.05, 3.63) is 10.8 Å². The normalized spacial score (nSPS) is 9.20. The van der Waals surface area contributed by atoms with Gasteiger partial charge in [-0.2, -0.15) is 0 Å². The van der Waals surface area contributed by atoms with Crippen LogP contribution >= 0.6 is 0 Å². The SMILES string of the molecule is Nc1cc(N)[nH]c(=S=O)n1. The molecule has 0 unspecified atom stereocenters. The van der Waals surface area contributed by atoms with Crippen molar-refractivity contribution < 1.29 is 4.21 Å². The molecular formula is C4H6N4OS. The molecule has 1 heterocycles. The van der Waals surface area contributed by atoms with Crippen LogP contribution in [0.5, 0.6) is 0 Å². The topological polar surface area (TPSA) is 97.8 Å². The van der Waals surface area contributed by atoms with Crippen LogP contribution in [-0.2, 0) is 11.3 Å². The third kappa shape index (κ3) is 1.35. The second-order valence-corrected chi connectivity index (χ2v) is 2.20. The van der Waals surface area contributed by atoms with E-state index >= 15 is 0 Å². The van der Waals surface area contributed by atoms with E-state index in [1.54, 1.807) is 0 Å². The maximum atomic E-state index is 10.1. The molecule has 0 amide bonds. The molecule has 0 saturated carbocycles. The van der Waals surface area contributed by atoms with Crippen LogP contribution in [0.4, 0.5) is 11.6 Å². The first-order valence-corrected chi connectivity index (χ1v) is 3.21. The van der Waals surface area contributed by atoms with Gasteiger partial charge in [0.1, 0.15) is 22.9 Å². The number of anilines is 2. The summed E-state index contributed by atoms with van der Waals surface area (Å²) in [6, 6.07) is 1.44. The minimum Gasteiger partial charge on any atom is -0.385 e. The number of hydrogen-bond acceptors (Lipinski definition) is 4. The van der Waals surface area contributed by atoms with Crippen molar-refractivity contribution in [2.24, 2.45) is 0 Å². The van der Waals surface area contributed by atoms with Crippen LogP contribution in [0, 0.1) is 4.77 Å². The van der Waals surface area contributed by atoms with Crippen LogP contribution < -0.4 is 11.5 Å². The summed E-state index contributed by atoms with van der Waals surface area (Å²) in [6.07, 6.45) is 0. The molecule has 10 heavy (non-hydrogen) atoms. The highest BCUT2D eigenvalue weighted by atomic mass is 32.1. The molecule has 54 valence electrons. The van der Waals surface area contributed by atoms with Crippen molar-refractivity contribution in [1.82, 2.24) is 9.97 Å². The van der Waals surface area contributed by atoms with E-state index in [1.807, 2.05) is 0 Å². The lowest BCUT2D eigenvalue weighted by molar-refractivity contribution is 0.698. The zero-order chi connectivity index (χ0) is 7.56. The summed E-state index contributed by atoms with van der Waals surface area (Å²) in [4.78, 5) is 6.18. The lowest BCUT2D eigenvalue weighted by Gasteiger charge is -1.92. The highest BCUT2D eigenvalue weighted by Gasteiger charge is 1.88. The number of aromatic amines is 1. The van der Waals surface area contributed by atoms with Crippen LogP contribution in [0.15, 0.2) is 6.07 Å². The number of hydrogen-bond donors (Lipinski definition) is 3. The van der Waals surface area contributed by atoms with Gasteiger partial charge in [-0.15, -0.1) is 0 Å². The average Bonchev–Trinajstić information content (AvgIpc) is 1.85. The van der Waals surface area contributed by atoms with Gasteiger partial charge in [-0.3, -0.25) is 0 Å². The molecule has 0 bridgehead atoms. The van der Waals surface area contributed by atoms with E-state index < -0.39 is 0 Å². The van der Waals surface area contributed by atoms with Gasteiger partial charge in [0.05, 0.1) is 0 Å². The maximum Gasteiger partial charge on any atom is 0.229 e. The summed E-state index contributed by atoms with van der Waals surface area (Å²) in [5, 5.41) is 0. The van der Waals surface area contributed by atoms with E-state index in [4.69, 9.17) is 11.5 Å². The summed E-state index contributed by atoms with van der Waals surface area (Å²) in [5.41, 5.74) is 10.6. The molecule has 0 atom stereocenters. The Labute approximate surface area is 60.2 Å². The van der Waals surface area contributed by atoms with Crippen LogP contribution in [0.2, 0.25) is 0 Å². The largest absolute Gasteiger partial charge is 0.385 e. The van der Waals surface area contributed by atoms with E-state index in [0.717, 1.165) is 0 Å². The lowest BCUT2D eigenvalue weighted by Crippen LogP contribution is -1.97. The van der Waals surface area contributed by atoms with Gasteiger partial charge in [-0.05, 0) is 0 Å². The molecule has 5 N–H and O–H groups in total. The van der Waals surface area contributed by atoms with E-state index in [0.29, 0.717) is 5.82 Å². The molecular weight excluding hydrogens is 152 g/mol. The number of H-pyrrole nitrogens is 1. The Morgan fingerprint density at radius 2 is 2.30 bits per heavy atom. The Morgan fingerprint density at radius 3 is 2.80 bits per heavy atom. The number of nitrogens with one attached hydrogen (secondary N) is 1. The fourth-order valence-electron chi connectivity index (χ4n) is 0.536. The van der Waals surface area contributed by atoms with Crippen molar-refractivity contribution in [3.8, 4) is 0 Å². The molecule has 0 aliphatic rings. The molecule has 6 heteroatoms. The number of aromatic nitrogens is 2. The Bertz CT molecular complexity index is 303. The molecule has 0 fully saturated rings. The molecule has 1 rings (SSSR count). The van der Waals surface area contributed by atoms with Crippen molar-refractivity contribution in [3.63, 3.8) is 0 Å². The molecule has 0 aliphatic carbocycles. The number of nitrogen functional groups attached to an aromatic ring is 2. The first-order chi connectivity index (χ1) is 4.72. The third-order valence-corrected chi connectivity index (χ3v) is 1.22. The van der Waals surface area contributed by atoms with Crippen molar-refractivity contribution >= 4 is 22.9 Å². The molecule has 0 saturated heterocycles. The van der Waals surface area contributed by atoms with E-state index in [2.05, 4.69) is 9.97 Å². The second-order valence-electron chi connectivity index (χ2n) is 1.65. The predicted molar refractivity (Wildman–Crippen MR) is 38.8 cm³/mol. The monoisotopic (exact) mass is 158 g/mol. The van der Waals surface area contributed by atoms with E-state index in [-0.39, 0.29) is 21.8 Å². The highest BCUT2D eigenvalue weighted by molar-refractivity contribution is 7.56. The first-order valence-electron chi connectivity index (χ1n) is 2.47. The fraction of sp³-hybridized carbons (Fsp3) is 0. The van der Waals surface area contributed by atoms with Gasteiger partial charge in [0.15, 0.2) is 0 Å². The summed E-state index contributed by atoms with van der Waals surface area (Å²) < 4.78 is 10.3. The summed E-state index contributed by atoms with van der Waals surface area (Å²) in [5.74, 6) is 0.584. The molecule has 1 aromatic rings. The maximum absolute atomic E-state index is 10.1. The standard InChI is InChI=1S/C4H6N4OS/c5-2-1-3(6)8-4(7-2)10-9/h1,7H,5H2,(H2,6,8). The van der Waals surface area contributed by atoms with Gasteiger partial charge < -0.3 is 16.5 Å². The Hall–Kier alpha value is -1.30.